The Morgan fingerprint density at radius 1 is 1.32 bits per heavy atom. The molecule has 1 atom stereocenters. The molecule has 1 fully saturated rings. The summed E-state index contributed by atoms with van der Waals surface area (Å²) in [6, 6.07) is 6.24. The van der Waals surface area contributed by atoms with Crippen LogP contribution < -0.4 is 10.0 Å². The van der Waals surface area contributed by atoms with Gasteiger partial charge in [0, 0.05) is 40.3 Å². The van der Waals surface area contributed by atoms with Gasteiger partial charge in [-0.15, -0.1) is 24.0 Å². The van der Waals surface area contributed by atoms with Gasteiger partial charge >= 0.3 is 0 Å². The molecule has 0 saturated carbocycles. The summed E-state index contributed by atoms with van der Waals surface area (Å²) in [4.78, 5) is 6.01. The molecule has 1 unspecified atom stereocenters. The first-order valence-electron chi connectivity index (χ1n) is 9.15. The minimum absolute atomic E-state index is 0. The van der Waals surface area contributed by atoms with Crippen LogP contribution in [-0.2, 0) is 21.3 Å². The number of hydrogen-bond acceptors (Lipinski definition) is 4. The number of rotatable bonds is 8. The minimum Gasteiger partial charge on any atom is -0.377 e. The average Bonchev–Trinajstić information content (AvgIpc) is 2.66. The van der Waals surface area contributed by atoms with E-state index in [1.165, 1.54) is 12.1 Å². The highest BCUT2D eigenvalue weighted by Gasteiger charge is 2.18. The summed E-state index contributed by atoms with van der Waals surface area (Å²) in [7, 11) is 0.0928. The lowest BCUT2D eigenvalue weighted by atomic mass is 10.1. The number of sulfonamides is 1. The zero-order chi connectivity index (χ0) is 19.7. The van der Waals surface area contributed by atoms with Crippen molar-refractivity contribution >= 4 is 40.0 Å². The fourth-order valence-electron chi connectivity index (χ4n) is 2.88. The maximum Gasteiger partial charge on any atom is 0.213 e. The fraction of sp³-hybridized carbons (Fsp3) is 0.611. The van der Waals surface area contributed by atoms with Gasteiger partial charge in [0.15, 0.2) is 5.96 Å². The van der Waals surface area contributed by atoms with E-state index in [1.807, 2.05) is 11.9 Å². The molecule has 28 heavy (non-hydrogen) atoms. The van der Waals surface area contributed by atoms with Gasteiger partial charge in [-0.25, -0.2) is 17.5 Å². The predicted octanol–water partition coefficient (Wildman–Crippen LogP) is 1.94. The Morgan fingerprint density at radius 3 is 2.64 bits per heavy atom. The molecular weight excluding hydrogens is 498 g/mol. The van der Waals surface area contributed by atoms with Crippen molar-refractivity contribution < 1.29 is 17.5 Å². The first-order valence-corrected chi connectivity index (χ1v) is 10.8. The highest BCUT2D eigenvalue weighted by atomic mass is 127. The molecule has 0 spiro atoms. The maximum atomic E-state index is 13.0. The summed E-state index contributed by atoms with van der Waals surface area (Å²) < 4.78 is 45.4. The van der Waals surface area contributed by atoms with E-state index < -0.39 is 10.0 Å². The third kappa shape index (κ3) is 9.01. The molecule has 2 N–H and O–H groups in total. The summed E-state index contributed by atoms with van der Waals surface area (Å²) >= 11 is 0. The molecule has 0 bridgehead atoms. The largest absolute Gasteiger partial charge is 0.377 e. The fourth-order valence-corrected chi connectivity index (χ4v) is 3.84. The predicted molar refractivity (Wildman–Crippen MR) is 120 cm³/mol. The van der Waals surface area contributed by atoms with Crippen molar-refractivity contribution in [3.05, 3.63) is 35.6 Å². The van der Waals surface area contributed by atoms with Crippen LogP contribution in [0.5, 0.6) is 0 Å². The second kappa shape index (κ2) is 12.6. The van der Waals surface area contributed by atoms with Crippen LogP contribution in [0.25, 0.3) is 0 Å². The van der Waals surface area contributed by atoms with Crippen LogP contribution in [0.2, 0.25) is 0 Å². The van der Waals surface area contributed by atoms with Gasteiger partial charge in [0.25, 0.3) is 0 Å². The van der Waals surface area contributed by atoms with Crippen molar-refractivity contribution in [2.45, 2.75) is 31.9 Å². The number of ether oxygens (including phenoxy) is 1. The van der Waals surface area contributed by atoms with Gasteiger partial charge < -0.3 is 15.0 Å². The lowest BCUT2D eigenvalue weighted by molar-refractivity contribution is 0.0200. The quantitative estimate of drug-likeness (QED) is 0.306. The number of hydrogen-bond donors (Lipinski definition) is 2. The molecular formula is C18H30FIN4O3S. The van der Waals surface area contributed by atoms with Crippen LogP contribution in [0.15, 0.2) is 29.3 Å². The van der Waals surface area contributed by atoms with Crippen LogP contribution in [0.4, 0.5) is 4.39 Å². The van der Waals surface area contributed by atoms with Gasteiger partial charge in [0.2, 0.25) is 10.0 Å². The molecule has 1 aromatic carbocycles. The van der Waals surface area contributed by atoms with Gasteiger partial charge in [-0.2, -0.15) is 0 Å². The van der Waals surface area contributed by atoms with Crippen LogP contribution in [0.3, 0.4) is 0 Å². The number of aliphatic imine (C=N–C) groups is 1. The average molecular weight is 528 g/mol. The molecule has 1 aliphatic heterocycles. The summed E-state index contributed by atoms with van der Waals surface area (Å²) in [6.45, 7) is 1.79. The first kappa shape index (κ1) is 25.1. The van der Waals surface area contributed by atoms with Crippen molar-refractivity contribution in [3.63, 3.8) is 0 Å². The molecule has 1 aromatic rings. The maximum absolute atomic E-state index is 13.0. The first-order chi connectivity index (χ1) is 12.9. The van der Waals surface area contributed by atoms with Crippen LogP contribution >= 0.6 is 24.0 Å². The van der Waals surface area contributed by atoms with Crippen molar-refractivity contribution in [1.29, 1.82) is 0 Å². The molecule has 2 rings (SSSR count). The zero-order valence-electron chi connectivity index (χ0n) is 16.4. The summed E-state index contributed by atoms with van der Waals surface area (Å²) in [5.74, 6) is 0.244. The molecule has 0 radical (unpaired) electrons. The van der Waals surface area contributed by atoms with E-state index in [1.54, 1.807) is 19.2 Å². The van der Waals surface area contributed by atoms with E-state index in [0.717, 1.165) is 24.8 Å². The van der Waals surface area contributed by atoms with Gasteiger partial charge in [0.05, 0.1) is 11.9 Å². The molecule has 1 saturated heterocycles. The normalized spacial score (nSPS) is 17.7. The van der Waals surface area contributed by atoms with Crippen molar-refractivity contribution in [1.82, 2.24) is 14.9 Å². The van der Waals surface area contributed by atoms with E-state index in [0.29, 0.717) is 25.7 Å². The van der Waals surface area contributed by atoms with E-state index in [2.05, 4.69) is 15.0 Å². The monoisotopic (exact) mass is 528 g/mol. The topological polar surface area (TPSA) is 83.0 Å². The highest BCUT2D eigenvalue weighted by Crippen LogP contribution is 2.11. The van der Waals surface area contributed by atoms with Crippen LogP contribution in [0, 0.1) is 5.82 Å². The van der Waals surface area contributed by atoms with E-state index in [-0.39, 0.29) is 48.2 Å². The Balaban J connectivity index is 0.00000392. The number of halogens is 2. The Hall–Kier alpha value is -0.980. The van der Waals surface area contributed by atoms with Gasteiger partial charge in [0.1, 0.15) is 5.82 Å². The molecule has 10 heteroatoms. The second-order valence-electron chi connectivity index (χ2n) is 6.61. The molecule has 0 aliphatic carbocycles. The lowest BCUT2D eigenvalue weighted by Crippen LogP contribution is -2.43. The molecule has 1 aliphatic rings. The van der Waals surface area contributed by atoms with Gasteiger partial charge in [-0.3, -0.25) is 4.99 Å². The molecule has 1 heterocycles. The van der Waals surface area contributed by atoms with Crippen LogP contribution in [0.1, 0.15) is 24.8 Å². The number of nitrogens with one attached hydrogen (secondary N) is 2. The molecule has 160 valence electrons. The van der Waals surface area contributed by atoms with Crippen molar-refractivity contribution in [2.24, 2.45) is 4.99 Å². The highest BCUT2D eigenvalue weighted by molar-refractivity contribution is 14.0. The second-order valence-corrected chi connectivity index (χ2v) is 8.54. The SMILES string of the molecule is CN=C(NCCS(=O)(=O)NCC1CCCCO1)N(C)Cc1ccc(F)cc1.I. The zero-order valence-corrected chi connectivity index (χ0v) is 19.5. The third-order valence-electron chi connectivity index (χ3n) is 4.37. The molecule has 7 nitrogen and oxygen atoms in total. The standard InChI is InChI=1S/C18H29FN4O3S.HI/c1-20-18(23(2)14-15-6-8-16(19)9-7-15)21-10-12-27(24,25)22-13-17-5-3-4-11-26-17;/h6-9,17,22H,3-5,10-14H2,1-2H3,(H,20,21);1H. The van der Waals surface area contributed by atoms with Crippen molar-refractivity contribution in [3.8, 4) is 0 Å². The van der Waals surface area contributed by atoms with E-state index in [9.17, 15) is 12.8 Å². The van der Waals surface area contributed by atoms with Gasteiger partial charge in [-0.05, 0) is 37.0 Å². The number of guanidine groups is 1. The Kier molecular flexibility index (Phi) is 11.2. The molecule has 0 aromatic heterocycles. The summed E-state index contributed by atoms with van der Waals surface area (Å²) in [6.07, 6.45) is 2.97. The number of benzene rings is 1. The Labute approximate surface area is 184 Å². The van der Waals surface area contributed by atoms with E-state index >= 15 is 0 Å². The van der Waals surface area contributed by atoms with Gasteiger partial charge in [-0.1, -0.05) is 12.1 Å². The Morgan fingerprint density at radius 2 is 2.04 bits per heavy atom. The summed E-state index contributed by atoms with van der Waals surface area (Å²) in [5, 5.41) is 3.05. The minimum atomic E-state index is -3.38. The smallest absolute Gasteiger partial charge is 0.213 e. The molecule has 0 amide bonds. The van der Waals surface area contributed by atoms with Crippen LogP contribution in [-0.4, -0.2) is 64.9 Å². The summed E-state index contributed by atoms with van der Waals surface area (Å²) in [5.41, 5.74) is 0.934. The number of nitrogens with zero attached hydrogens (tertiary/aromatic N) is 2. The Bertz CT molecular complexity index is 710. The third-order valence-corrected chi connectivity index (χ3v) is 5.71. The van der Waals surface area contributed by atoms with E-state index in [4.69, 9.17) is 4.74 Å². The lowest BCUT2D eigenvalue weighted by Gasteiger charge is -2.23. The van der Waals surface area contributed by atoms with Crippen molar-refractivity contribution in [2.75, 3.05) is 39.5 Å².